The Morgan fingerprint density at radius 2 is 2.20 bits per heavy atom. The van der Waals surface area contributed by atoms with Crippen LogP contribution < -0.4 is 4.74 Å². The first-order chi connectivity index (χ1) is 7.08. The number of aliphatic carboxylic acids is 1. The largest absolute Gasteiger partial charge is 0.492 e. The third-order valence-electron chi connectivity index (χ3n) is 2.36. The average Bonchev–Trinajstić information content (AvgIpc) is 2.16. The predicted molar refractivity (Wildman–Crippen MR) is 56.8 cm³/mol. The first kappa shape index (κ1) is 10.6. The SMILES string of the molecule is O=C(O)[C@H]1COc2cc(Cl)cc(Cl)c2C1. The molecule has 80 valence electrons. The molecule has 3 nitrogen and oxygen atoms in total. The van der Waals surface area contributed by atoms with Crippen molar-refractivity contribution in [2.24, 2.45) is 5.92 Å². The quantitative estimate of drug-likeness (QED) is 0.829. The zero-order chi connectivity index (χ0) is 11.0. The molecule has 0 saturated heterocycles. The molecule has 0 amide bonds. The third kappa shape index (κ3) is 2.03. The van der Waals surface area contributed by atoms with Crippen LogP contribution in [0.2, 0.25) is 10.0 Å². The van der Waals surface area contributed by atoms with Gasteiger partial charge in [-0.15, -0.1) is 0 Å². The molecule has 1 aliphatic heterocycles. The van der Waals surface area contributed by atoms with Gasteiger partial charge in [0.25, 0.3) is 0 Å². The fourth-order valence-corrected chi connectivity index (χ4v) is 2.11. The highest BCUT2D eigenvalue weighted by molar-refractivity contribution is 6.35. The number of fused-ring (bicyclic) bond motifs is 1. The summed E-state index contributed by atoms with van der Waals surface area (Å²) in [7, 11) is 0. The Kier molecular flexibility index (Phi) is 2.76. The highest BCUT2D eigenvalue weighted by Crippen LogP contribution is 2.35. The molecule has 1 N–H and O–H groups in total. The maximum absolute atomic E-state index is 10.8. The Bertz CT molecular complexity index is 417. The molecular weight excluding hydrogens is 239 g/mol. The van der Waals surface area contributed by atoms with Gasteiger partial charge in [-0.05, 0) is 18.6 Å². The van der Waals surface area contributed by atoms with E-state index in [-0.39, 0.29) is 6.61 Å². The standard InChI is InChI=1S/C10H8Cl2O3/c11-6-2-8(12)7-1-5(10(13)14)4-15-9(7)3-6/h2-3,5H,1,4H2,(H,13,14)/t5-/m1/s1. The van der Waals surface area contributed by atoms with Gasteiger partial charge in [-0.25, -0.2) is 0 Å². The van der Waals surface area contributed by atoms with E-state index in [0.717, 1.165) is 5.56 Å². The molecule has 0 aromatic heterocycles. The van der Waals surface area contributed by atoms with Gasteiger partial charge in [-0.1, -0.05) is 23.2 Å². The normalized spacial score (nSPS) is 19.2. The monoisotopic (exact) mass is 246 g/mol. The van der Waals surface area contributed by atoms with E-state index in [1.165, 1.54) is 0 Å². The molecule has 0 aliphatic carbocycles. The number of rotatable bonds is 1. The van der Waals surface area contributed by atoms with Crippen molar-refractivity contribution in [3.8, 4) is 5.75 Å². The van der Waals surface area contributed by atoms with E-state index in [9.17, 15) is 4.79 Å². The lowest BCUT2D eigenvalue weighted by atomic mass is 9.97. The van der Waals surface area contributed by atoms with E-state index in [1.54, 1.807) is 12.1 Å². The molecule has 0 fully saturated rings. The first-order valence-electron chi connectivity index (χ1n) is 4.41. The topological polar surface area (TPSA) is 46.5 Å². The molecule has 0 unspecified atom stereocenters. The lowest BCUT2D eigenvalue weighted by Gasteiger charge is -2.23. The summed E-state index contributed by atoms with van der Waals surface area (Å²) in [6, 6.07) is 3.25. The van der Waals surface area contributed by atoms with Crippen molar-refractivity contribution in [2.45, 2.75) is 6.42 Å². The highest BCUT2D eigenvalue weighted by Gasteiger charge is 2.27. The van der Waals surface area contributed by atoms with E-state index in [2.05, 4.69) is 0 Å². The van der Waals surface area contributed by atoms with Gasteiger partial charge in [0.2, 0.25) is 0 Å². The first-order valence-corrected chi connectivity index (χ1v) is 5.17. The van der Waals surface area contributed by atoms with Crippen LogP contribution in [0, 0.1) is 5.92 Å². The van der Waals surface area contributed by atoms with Gasteiger partial charge in [0.15, 0.2) is 0 Å². The molecule has 1 aromatic rings. The Morgan fingerprint density at radius 1 is 1.47 bits per heavy atom. The Labute approximate surface area is 96.6 Å². The second-order valence-corrected chi connectivity index (χ2v) is 4.26. The van der Waals surface area contributed by atoms with E-state index >= 15 is 0 Å². The number of hydrogen-bond acceptors (Lipinski definition) is 2. The number of ether oxygens (including phenoxy) is 1. The lowest BCUT2D eigenvalue weighted by Crippen LogP contribution is -2.28. The van der Waals surface area contributed by atoms with Crippen LogP contribution >= 0.6 is 23.2 Å². The fraction of sp³-hybridized carbons (Fsp3) is 0.300. The minimum Gasteiger partial charge on any atom is -0.492 e. The van der Waals surface area contributed by atoms with Crippen LogP contribution in [0.5, 0.6) is 5.75 Å². The molecule has 1 aliphatic rings. The van der Waals surface area contributed by atoms with Crippen molar-refractivity contribution < 1.29 is 14.6 Å². The van der Waals surface area contributed by atoms with Crippen molar-refractivity contribution in [1.82, 2.24) is 0 Å². The van der Waals surface area contributed by atoms with Crippen molar-refractivity contribution in [1.29, 1.82) is 0 Å². The predicted octanol–water partition coefficient (Wildman–Crippen LogP) is 2.63. The summed E-state index contributed by atoms with van der Waals surface area (Å²) < 4.78 is 5.31. The minimum atomic E-state index is -0.869. The van der Waals surface area contributed by atoms with Crippen LogP contribution in [0.1, 0.15) is 5.56 Å². The summed E-state index contributed by atoms with van der Waals surface area (Å²) in [5, 5.41) is 9.81. The Hall–Kier alpha value is -0.930. The van der Waals surface area contributed by atoms with Crippen LogP contribution in [-0.2, 0) is 11.2 Å². The van der Waals surface area contributed by atoms with Gasteiger partial charge in [0.05, 0.1) is 5.92 Å². The van der Waals surface area contributed by atoms with E-state index < -0.39 is 11.9 Å². The average molecular weight is 247 g/mol. The summed E-state index contributed by atoms with van der Waals surface area (Å²) in [6.45, 7) is 0.166. The van der Waals surface area contributed by atoms with E-state index in [1.807, 2.05) is 0 Å². The molecule has 5 heteroatoms. The van der Waals surface area contributed by atoms with Crippen molar-refractivity contribution in [3.05, 3.63) is 27.7 Å². The van der Waals surface area contributed by atoms with Crippen molar-refractivity contribution in [2.75, 3.05) is 6.61 Å². The Balaban J connectivity index is 2.37. The minimum absolute atomic E-state index is 0.166. The maximum Gasteiger partial charge on any atom is 0.310 e. The molecule has 1 aromatic carbocycles. The number of carboxylic acid groups (broad SMARTS) is 1. The third-order valence-corrected chi connectivity index (χ3v) is 2.91. The number of benzene rings is 1. The van der Waals surface area contributed by atoms with Gasteiger partial charge in [-0.3, -0.25) is 4.79 Å². The molecule has 0 saturated carbocycles. The second kappa shape index (κ2) is 3.91. The van der Waals surface area contributed by atoms with Gasteiger partial charge in [0, 0.05) is 15.6 Å². The summed E-state index contributed by atoms with van der Waals surface area (Å²) >= 11 is 11.8. The molecule has 15 heavy (non-hydrogen) atoms. The number of carboxylic acids is 1. The van der Waals surface area contributed by atoms with Gasteiger partial charge in [0.1, 0.15) is 12.4 Å². The number of carbonyl (C=O) groups is 1. The maximum atomic E-state index is 10.8. The fourth-order valence-electron chi connectivity index (χ4n) is 1.56. The number of halogens is 2. The lowest BCUT2D eigenvalue weighted by molar-refractivity contribution is -0.143. The van der Waals surface area contributed by atoms with Crippen LogP contribution in [0.3, 0.4) is 0 Å². The van der Waals surface area contributed by atoms with E-state index in [0.29, 0.717) is 22.2 Å². The zero-order valence-electron chi connectivity index (χ0n) is 7.67. The molecule has 1 atom stereocenters. The van der Waals surface area contributed by atoms with E-state index in [4.69, 9.17) is 33.0 Å². The summed E-state index contributed by atoms with van der Waals surface area (Å²) in [5.74, 6) is -0.812. The Morgan fingerprint density at radius 3 is 2.87 bits per heavy atom. The van der Waals surface area contributed by atoms with Crippen LogP contribution in [0.15, 0.2) is 12.1 Å². The van der Waals surface area contributed by atoms with Gasteiger partial charge >= 0.3 is 5.97 Å². The molecule has 1 heterocycles. The molecule has 0 bridgehead atoms. The van der Waals surface area contributed by atoms with Gasteiger partial charge < -0.3 is 9.84 Å². The number of hydrogen-bond donors (Lipinski definition) is 1. The highest BCUT2D eigenvalue weighted by atomic mass is 35.5. The van der Waals surface area contributed by atoms with Crippen LogP contribution in [0.4, 0.5) is 0 Å². The summed E-state index contributed by atoms with van der Waals surface area (Å²) in [4.78, 5) is 10.8. The van der Waals surface area contributed by atoms with Crippen molar-refractivity contribution >= 4 is 29.2 Å². The smallest absolute Gasteiger partial charge is 0.310 e. The van der Waals surface area contributed by atoms with Crippen LogP contribution in [-0.4, -0.2) is 17.7 Å². The van der Waals surface area contributed by atoms with Crippen molar-refractivity contribution in [3.63, 3.8) is 0 Å². The molecule has 0 spiro atoms. The zero-order valence-corrected chi connectivity index (χ0v) is 9.18. The van der Waals surface area contributed by atoms with Gasteiger partial charge in [-0.2, -0.15) is 0 Å². The second-order valence-electron chi connectivity index (χ2n) is 3.41. The summed E-state index contributed by atoms with van der Waals surface area (Å²) in [5.41, 5.74) is 0.722. The van der Waals surface area contributed by atoms with Crippen LogP contribution in [0.25, 0.3) is 0 Å². The molecular formula is C10H8Cl2O3. The molecule has 0 radical (unpaired) electrons. The summed E-state index contributed by atoms with van der Waals surface area (Å²) in [6.07, 6.45) is 0.390. The molecule has 2 rings (SSSR count).